The van der Waals surface area contributed by atoms with Crippen LogP contribution in [0.25, 0.3) is 11.0 Å². The van der Waals surface area contributed by atoms with Gasteiger partial charge >= 0.3 is 0 Å². The summed E-state index contributed by atoms with van der Waals surface area (Å²) in [5.74, 6) is 0.247. The number of nitrogens with zero attached hydrogens (tertiary/aromatic N) is 4. The van der Waals surface area contributed by atoms with Crippen LogP contribution in [0.1, 0.15) is 17.1 Å². The van der Waals surface area contributed by atoms with Gasteiger partial charge in [-0.25, -0.2) is 13.4 Å². The summed E-state index contributed by atoms with van der Waals surface area (Å²) >= 11 is 0. The number of aryl methyl sites for hydroxylation is 4. The van der Waals surface area contributed by atoms with E-state index in [1.807, 2.05) is 6.92 Å². The summed E-state index contributed by atoms with van der Waals surface area (Å²) in [6, 6.07) is 1.71. The van der Waals surface area contributed by atoms with Crippen molar-refractivity contribution < 1.29 is 12.9 Å². The molecule has 0 aliphatic heterocycles. The molecule has 3 aromatic heterocycles. The third-order valence-electron chi connectivity index (χ3n) is 3.35. The van der Waals surface area contributed by atoms with Crippen molar-refractivity contribution in [3.05, 3.63) is 29.4 Å². The van der Waals surface area contributed by atoms with E-state index in [0.717, 1.165) is 11.1 Å². The Balaban J connectivity index is 2.04. The molecule has 3 heterocycles. The molecule has 3 aromatic rings. The van der Waals surface area contributed by atoms with E-state index < -0.39 is 10.0 Å². The fraction of sp³-hybridized carbons (Fsp3) is 0.308. The Morgan fingerprint density at radius 1 is 1.23 bits per heavy atom. The first-order valence-corrected chi connectivity index (χ1v) is 8.03. The van der Waals surface area contributed by atoms with Crippen LogP contribution in [0.4, 0.5) is 5.69 Å². The number of hydrogen-bond acceptors (Lipinski definition) is 6. The minimum absolute atomic E-state index is 0.0514. The van der Waals surface area contributed by atoms with E-state index in [-0.39, 0.29) is 10.7 Å². The Hall–Kier alpha value is -2.42. The van der Waals surface area contributed by atoms with Crippen LogP contribution in [0.2, 0.25) is 0 Å². The molecule has 0 aliphatic rings. The fourth-order valence-corrected chi connectivity index (χ4v) is 3.79. The smallest absolute Gasteiger partial charge is 0.267 e. The first-order valence-electron chi connectivity index (χ1n) is 6.54. The molecular formula is C13H15N5O3S. The van der Waals surface area contributed by atoms with Gasteiger partial charge in [-0.2, -0.15) is 5.10 Å². The standard InChI is InChI=1S/C13H15N5O3S/c1-7-11-5-10(6-14-13(11)18(4)15-7)17-22(19,20)12-8(2)16-21-9(12)3/h5-6,17H,1-4H3. The first kappa shape index (κ1) is 14.5. The van der Waals surface area contributed by atoms with Crippen LogP contribution in [-0.2, 0) is 17.1 Å². The zero-order valence-electron chi connectivity index (χ0n) is 12.6. The van der Waals surface area contributed by atoms with Gasteiger partial charge in [-0.15, -0.1) is 0 Å². The summed E-state index contributed by atoms with van der Waals surface area (Å²) in [6.45, 7) is 4.98. The lowest BCUT2D eigenvalue weighted by Crippen LogP contribution is -2.14. The van der Waals surface area contributed by atoms with Gasteiger partial charge in [-0.1, -0.05) is 5.16 Å². The minimum Gasteiger partial charge on any atom is -0.360 e. The zero-order valence-corrected chi connectivity index (χ0v) is 13.4. The van der Waals surface area contributed by atoms with E-state index in [1.54, 1.807) is 31.6 Å². The predicted octanol–water partition coefficient (Wildman–Crippen LogP) is 1.68. The van der Waals surface area contributed by atoms with Gasteiger partial charge in [-0.3, -0.25) is 9.40 Å². The SMILES string of the molecule is Cc1noc(C)c1S(=O)(=O)Nc1cnc2c(c1)c(C)nn2C. The van der Waals surface area contributed by atoms with Gasteiger partial charge in [-0.05, 0) is 26.8 Å². The molecule has 0 aromatic carbocycles. The number of nitrogens with one attached hydrogen (secondary N) is 1. The molecule has 3 rings (SSSR count). The summed E-state index contributed by atoms with van der Waals surface area (Å²) in [4.78, 5) is 4.30. The molecule has 8 nitrogen and oxygen atoms in total. The molecule has 0 radical (unpaired) electrons. The Bertz CT molecular complexity index is 952. The number of rotatable bonds is 3. The lowest BCUT2D eigenvalue weighted by atomic mass is 10.3. The second kappa shape index (κ2) is 4.80. The van der Waals surface area contributed by atoms with E-state index in [1.165, 1.54) is 6.20 Å². The number of hydrogen-bond donors (Lipinski definition) is 1. The highest BCUT2D eigenvalue weighted by atomic mass is 32.2. The van der Waals surface area contributed by atoms with Crippen LogP contribution >= 0.6 is 0 Å². The van der Waals surface area contributed by atoms with E-state index >= 15 is 0 Å². The largest absolute Gasteiger partial charge is 0.360 e. The van der Waals surface area contributed by atoms with Crippen LogP contribution in [0.3, 0.4) is 0 Å². The van der Waals surface area contributed by atoms with Gasteiger partial charge in [0.15, 0.2) is 16.3 Å². The van der Waals surface area contributed by atoms with Crippen molar-refractivity contribution in [1.82, 2.24) is 19.9 Å². The molecule has 0 saturated heterocycles. The third-order valence-corrected chi connectivity index (χ3v) is 4.98. The van der Waals surface area contributed by atoms with Crippen molar-refractivity contribution in [2.75, 3.05) is 4.72 Å². The summed E-state index contributed by atoms with van der Waals surface area (Å²) < 4.78 is 34.0. The Kier molecular flexibility index (Phi) is 3.17. The Morgan fingerprint density at radius 2 is 1.95 bits per heavy atom. The molecule has 0 saturated carbocycles. The van der Waals surface area contributed by atoms with Gasteiger partial charge in [0.1, 0.15) is 5.69 Å². The molecule has 22 heavy (non-hydrogen) atoms. The lowest BCUT2D eigenvalue weighted by Gasteiger charge is -2.07. The average Bonchev–Trinajstić information content (AvgIpc) is 2.90. The van der Waals surface area contributed by atoms with Crippen LogP contribution in [-0.4, -0.2) is 28.3 Å². The summed E-state index contributed by atoms with van der Waals surface area (Å²) in [5.41, 5.74) is 2.15. The van der Waals surface area contributed by atoms with Crippen molar-refractivity contribution in [2.45, 2.75) is 25.7 Å². The van der Waals surface area contributed by atoms with E-state index in [9.17, 15) is 8.42 Å². The van der Waals surface area contributed by atoms with Gasteiger partial charge in [0.05, 0.1) is 17.6 Å². The highest BCUT2D eigenvalue weighted by molar-refractivity contribution is 7.92. The van der Waals surface area contributed by atoms with Gasteiger partial charge in [0.25, 0.3) is 10.0 Å². The molecule has 0 atom stereocenters. The van der Waals surface area contributed by atoms with Crippen LogP contribution in [0, 0.1) is 20.8 Å². The predicted molar refractivity (Wildman–Crippen MR) is 80.0 cm³/mol. The average molecular weight is 321 g/mol. The van der Waals surface area contributed by atoms with Gasteiger partial charge in [0.2, 0.25) is 0 Å². The third kappa shape index (κ3) is 2.23. The van der Waals surface area contributed by atoms with Crippen LogP contribution in [0.15, 0.2) is 21.7 Å². The van der Waals surface area contributed by atoms with Gasteiger partial charge < -0.3 is 4.52 Å². The monoisotopic (exact) mass is 321 g/mol. The van der Waals surface area contributed by atoms with E-state index in [0.29, 0.717) is 17.0 Å². The number of anilines is 1. The number of aromatic nitrogens is 4. The molecule has 116 valence electrons. The maximum atomic E-state index is 12.5. The highest BCUT2D eigenvalue weighted by Crippen LogP contribution is 2.24. The van der Waals surface area contributed by atoms with Gasteiger partial charge in [0, 0.05) is 12.4 Å². The van der Waals surface area contributed by atoms with Crippen molar-refractivity contribution >= 4 is 26.7 Å². The summed E-state index contributed by atoms with van der Waals surface area (Å²) in [6.07, 6.45) is 1.46. The molecule has 0 aliphatic carbocycles. The maximum Gasteiger partial charge on any atom is 0.267 e. The number of sulfonamides is 1. The minimum atomic E-state index is -3.78. The van der Waals surface area contributed by atoms with Crippen LogP contribution in [0.5, 0.6) is 0 Å². The maximum absolute atomic E-state index is 12.5. The highest BCUT2D eigenvalue weighted by Gasteiger charge is 2.24. The quantitative estimate of drug-likeness (QED) is 0.787. The number of fused-ring (bicyclic) bond motifs is 1. The molecule has 0 unspecified atom stereocenters. The Morgan fingerprint density at radius 3 is 2.59 bits per heavy atom. The fourth-order valence-electron chi connectivity index (χ4n) is 2.43. The lowest BCUT2D eigenvalue weighted by molar-refractivity contribution is 0.390. The molecule has 1 N–H and O–H groups in total. The van der Waals surface area contributed by atoms with Crippen molar-refractivity contribution in [2.24, 2.45) is 7.05 Å². The van der Waals surface area contributed by atoms with E-state index in [4.69, 9.17) is 4.52 Å². The second-order valence-corrected chi connectivity index (χ2v) is 6.68. The molecule has 0 amide bonds. The zero-order chi connectivity index (χ0) is 16.1. The van der Waals surface area contributed by atoms with Crippen LogP contribution < -0.4 is 4.72 Å². The number of pyridine rings is 1. The van der Waals surface area contributed by atoms with Crippen molar-refractivity contribution in [3.8, 4) is 0 Å². The second-order valence-electron chi connectivity index (χ2n) is 5.06. The van der Waals surface area contributed by atoms with Crippen molar-refractivity contribution in [3.63, 3.8) is 0 Å². The topological polar surface area (TPSA) is 103 Å². The normalized spacial score (nSPS) is 12.0. The first-order chi connectivity index (χ1) is 10.3. The molecule has 0 bridgehead atoms. The van der Waals surface area contributed by atoms with E-state index in [2.05, 4.69) is 20.0 Å². The Labute approximate surface area is 127 Å². The molecule has 0 fully saturated rings. The molecule has 0 spiro atoms. The van der Waals surface area contributed by atoms with Crippen molar-refractivity contribution in [1.29, 1.82) is 0 Å². The summed E-state index contributed by atoms with van der Waals surface area (Å²) in [7, 11) is -1.99. The summed E-state index contributed by atoms with van der Waals surface area (Å²) in [5, 5.41) is 8.72. The molecular weight excluding hydrogens is 306 g/mol. The molecule has 9 heteroatoms.